The van der Waals surface area contributed by atoms with Gasteiger partial charge < -0.3 is 5.32 Å². The molecular weight excluding hydrogens is 172 g/mol. The van der Waals surface area contributed by atoms with Gasteiger partial charge in [-0.3, -0.25) is 4.90 Å². The Hall–Kier alpha value is -0.520. The minimum Gasteiger partial charge on any atom is -0.312 e. The number of nitrogens with one attached hydrogen (secondary N) is 1. The van der Waals surface area contributed by atoms with Crippen molar-refractivity contribution in [3.8, 4) is 12.3 Å². The predicted octanol–water partition coefficient (Wildman–Crippen LogP) is 1.33. The largest absolute Gasteiger partial charge is 0.312 e. The first kappa shape index (κ1) is 11.6. The van der Waals surface area contributed by atoms with Crippen molar-refractivity contribution >= 4 is 0 Å². The predicted molar refractivity (Wildman–Crippen MR) is 61.1 cm³/mol. The van der Waals surface area contributed by atoms with Gasteiger partial charge in [-0.05, 0) is 31.8 Å². The van der Waals surface area contributed by atoms with Crippen LogP contribution in [-0.2, 0) is 0 Å². The maximum atomic E-state index is 5.36. The highest BCUT2D eigenvalue weighted by atomic mass is 15.1. The van der Waals surface area contributed by atoms with E-state index in [4.69, 9.17) is 6.42 Å². The molecule has 1 heterocycles. The van der Waals surface area contributed by atoms with Gasteiger partial charge in [-0.1, -0.05) is 19.8 Å². The van der Waals surface area contributed by atoms with Gasteiger partial charge in [0.1, 0.15) is 0 Å². The first-order valence-corrected chi connectivity index (χ1v) is 5.67. The van der Waals surface area contributed by atoms with Gasteiger partial charge >= 0.3 is 0 Å². The average Bonchev–Trinajstić information content (AvgIpc) is 2.53. The molecule has 0 aromatic carbocycles. The quantitative estimate of drug-likeness (QED) is 0.664. The third-order valence-electron chi connectivity index (χ3n) is 3.00. The van der Waals surface area contributed by atoms with Crippen LogP contribution < -0.4 is 5.32 Å². The summed E-state index contributed by atoms with van der Waals surface area (Å²) in [5, 5.41) is 3.54. The van der Waals surface area contributed by atoms with Crippen molar-refractivity contribution in [2.24, 2.45) is 5.92 Å². The van der Waals surface area contributed by atoms with Crippen LogP contribution in [0.25, 0.3) is 0 Å². The molecule has 0 radical (unpaired) electrons. The highest BCUT2D eigenvalue weighted by Gasteiger charge is 2.24. The van der Waals surface area contributed by atoms with E-state index in [0.29, 0.717) is 6.04 Å². The third kappa shape index (κ3) is 3.32. The Morgan fingerprint density at radius 3 is 2.86 bits per heavy atom. The molecule has 1 N–H and O–H groups in total. The summed E-state index contributed by atoms with van der Waals surface area (Å²) in [7, 11) is 0. The molecule has 2 unspecified atom stereocenters. The van der Waals surface area contributed by atoms with E-state index in [1.165, 1.54) is 19.4 Å². The van der Waals surface area contributed by atoms with Crippen LogP contribution in [0.4, 0.5) is 0 Å². The lowest BCUT2D eigenvalue weighted by atomic mass is 10.0. The van der Waals surface area contributed by atoms with E-state index in [1.807, 2.05) is 0 Å². The summed E-state index contributed by atoms with van der Waals surface area (Å²) in [5.74, 6) is 3.54. The molecule has 0 amide bonds. The van der Waals surface area contributed by atoms with Crippen LogP contribution in [0.2, 0.25) is 0 Å². The van der Waals surface area contributed by atoms with Crippen molar-refractivity contribution in [1.29, 1.82) is 0 Å². The molecule has 0 saturated carbocycles. The zero-order valence-corrected chi connectivity index (χ0v) is 9.42. The first-order chi connectivity index (χ1) is 6.77. The van der Waals surface area contributed by atoms with Gasteiger partial charge in [0, 0.05) is 12.6 Å². The molecule has 0 bridgehead atoms. The van der Waals surface area contributed by atoms with Crippen LogP contribution in [0.1, 0.15) is 26.7 Å². The van der Waals surface area contributed by atoms with Gasteiger partial charge in [0.05, 0.1) is 6.54 Å². The molecule has 0 aromatic rings. The summed E-state index contributed by atoms with van der Waals surface area (Å²) in [4.78, 5) is 2.37. The van der Waals surface area contributed by atoms with Gasteiger partial charge in [0.2, 0.25) is 0 Å². The molecule has 1 saturated heterocycles. The summed E-state index contributed by atoms with van der Waals surface area (Å²) in [5.41, 5.74) is 0. The van der Waals surface area contributed by atoms with Crippen LogP contribution in [-0.4, -0.2) is 37.1 Å². The van der Waals surface area contributed by atoms with E-state index in [1.54, 1.807) is 0 Å². The maximum Gasteiger partial charge on any atom is 0.0599 e. The van der Waals surface area contributed by atoms with Crippen molar-refractivity contribution < 1.29 is 0 Å². The summed E-state index contributed by atoms with van der Waals surface area (Å²) >= 11 is 0. The second-order valence-corrected chi connectivity index (χ2v) is 4.27. The smallest absolute Gasteiger partial charge is 0.0599 e. The van der Waals surface area contributed by atoms with Crippen molar-refractivity contribution in [1.82, 2.24) is 10.2 Å². The zero-order chi connectivity index (χ0) is 10.4. The van der Waals surface area contributed by atoms with Crippen LogP contribution in [0, 0.1) is 18.3 Å². The Morgan fingerprint density at radius 2 is 2.36 bits per heavy atom. The molecule has 1 aliphatic rings. The molecule has 14 heavy (non-hydrogen) atoms. The summed E-state index contributed by atoms with van der Waals surface area (Å²) in [6.07, 6.45) is 7.85. The molecular formula is C12H22N2. The van der Waals surface area contributed by atoms with Crippen LogP contribution in [0.15, 0.2) is 0 Å². The minimum atomic E-state index is 0.648. The van der Waals surface area contributed by atoms with Crippen LogP contribution in [0.3, 0.4) is 0 Å². The number of hydrogen-bond acceptors (Lipinski definition) is 2. The van der Waals surface area contributed by atoms with Gasteiger partial charge in [0.15, 0.2) is 0 Å². The van der Waals surface area contributed by atoms with Crippen molar-refractivity contribution in [2.75, 3.05) is 26.2 Å². The number of hydrogen-bond donors (Lipinski definition) is 1. The standard InChI is InChI=1S/C12H22N2/c1-4-8-14(9-5-2)10-12-11(3)6-7-13-12/h1,11-13H,5-10H2,2-3H3. The van der Waals surface area contributed by atoms with Crippen LogP contribution in [0.5, 0.6) is 0 Å². The highest BCUT2D eigenvalue weighted by Crippen LogP contribution is 2.15. The Labute approximate surface area is 88.1 Å². The Kier molecular flexibility index (Phi) is 5.00. The van der Waals surface area contributed by atoms with Gasteiger partial charge in [-0.2, -0.15) is 0 Å². The molecule has 0 spiro atoms. The van der Waals surface area contributed by atoms with E-state index in [0.717, 1.165) is 25.6 Å². The van der Waals surface area contributed by atoms with Crippen molar-refractivity contribution in [3.05, 3.63) is 0 Å². The normalized spacial score (nSPS) is 26.7. The van der Waals surface area contributed by atoms with Gasteiger partial charge in [0.25, 0.3) is 0 Å². The summed E-state index contributed by atoms with van der Waals surface area (Å²) < 4.78 is 0. The SMILES string of the molecule is C#CCN(CCC)CC1NCCC1C. The summed E-state index contributed by atoms with van der Waals surface area (Å²) in [6, 6.07) is 0.648. The fraction of sp³-hybridized carbons (Fsp3) is 0.833. The van der Waals surface area contributed by atoms with E-state index in [-0.39, 0.29) is 0 Å². The molecule has 1 fully saturated rings. The molecule has 0 aromatic heterocycles. The minimum absolute atomic E-state index is 0.648. The summed E-state index contributed by atoms with van der Waals surface area (Å²) in [6.45, 7) is 8.72. The number of terminal acetylenes is 1. The Balaban J connectivity index is 2.34. The van der Waals surface area contributed by atoms with Crippen LogP contribution >= 0.6 is 0 Å². The lowest BCUT2D eigenvalue weighted by molar-refractivity contribution is 0.258. The fourth-order valence-electron chi connectivity index (χ4n) is 2.10. The Morgan fingerprint density at radius 1 is 1.57 bits per heavy atom. The molecule has 0 aliphatic carbocycles. The topological polar surface area (TPSA) is 15.3 Å². The van der Waals surface area contributed by atoms with E-state index in [2.05, 4.69) is 30.0 Å². The molecule has 1 rings (SSSR count). The second kappa shape index (κ2) is 6.06. The maximum absolute atomic E-state index is 5.36. The average molecular weight is 194 g/mol. The number of rotatable bonds is 5. The lowest BCUT2D eigenvalue weighted by Gasteiger charge is -2.25. The van der Waals surface area contributed by atoms with Gasteiger partial charge in [-0.15, -0.1) is 6.42 Å². The van der Waals surface area contributed by atoms with Crippen molar-refractivity contribution in [3.63, 3.8) is 0 Å². The highest BCUT2D eigenvalue weighted by molar-refractivity contribution is 4.91. The first-order valence-electron chi connectivity index (χ1n) is 5.67. The Bertz CT molecular complexity index is 195. The van der Waals surface area contributed by atoms with E-state index >= 15 is 0 Å². The molecule has 1 aliphatic heterocycles. The monoisotopic (exact) mass is 194 g/mol. The third-order valence-corrected chi connectivity index (χ3v) is 3.00. The van der Waals surface area contributed by atoms with Gasteiger partial charge in [-0.25, -0.2) is 0 Å². The van der Waals surface area contributed by atoms with E-state index in [9.17, 15) is 0 Å². The van der Waals surface area contributed by atoms with E-state index < -0.39 is 0 Å². The number of nitrogens with zero attached hydrogens (tertiary/aromatic N) is 1. The fourth-order valence-corrected chi connectivity index (χ4v) is 2.10. The molecule has 2 nitrogen and oxygen atoms in total. The lowest BCUT2D eigenvalue weighted by Crippen LogP contribution is -2.40. The van der Waals surface area contributed by atoms with Crippen molar-refractivity contribution in [2.45, 2.75) is 32.7 Å². The second-order valence-electron chi connectivity index (χ2n) is 4.27. The zero-order valence-electron chi connectivity index (χ0n) is 9.42. The molecule has 2 heteroatoms. The molecule has 80 valence electrons. The molecule has 2 atom stereocenters.